The summed E-state index contributed by atoms with van der Waals surface area (Å²) in [7, 11) is 0. The molecule has 0 fully saturated rings. The van der Waals surface area contributed by atoms with Crippen molar-refractivity contribution in [2.75, 3.05) is 0 Å². The summed E-state index contributed by atoms with van der Waals surface area (Å²) < 4.78 is 0. The molecule has 1 aliphatic carbocycles. The molecule has 1 aromatic heterocycles. The van der Waals surface area contributed by atoms with Crippen LogP contribution in [0.4, 0.5) is 0 Å². The molecule has 0 saturated heterocycles. The van der Waals surface area contributed by atoms with E-state index in [9.17, 15) is 0 Å². The van der Waals surface area contributed by atoms with Crippen LogP contribution in [-0.2, 0) is 0 Å². The minimum atomic E-state index is 0.584. The summed E-state index contributed by atoms with van der Waals surface area (Å²) in [6.45, 7) is 6.98. The average molecular weight is 304 g/mol. The third kappa shape index (κ3) is 2.37. The second-order valence-electron chi connectivity index (χ2n) is 7.29. The normalized spacial score (nSPS) is 20.9. The molecule has 1 aliphatic rings. The number of aromatic nitrogens is 2. The van der Waals surface area contributed by atoms with Gasteiger partial charge in [0.05, 0.1) is 5.69 Å². The number of hydrogen-bond acceptors (Lipinski definition) is 1. The zero-order chi connectivity index (χ0) is 16.0. The molecule has 0 bridgehead atoms. The predicted octanol–water partition coefficient (Wildman–Crippen LogP) is 5.87. The van der Waals surface area contributed by atoms with Crippen LogP contribution in [0.1, 0.15) is 56.7 Å². The first-order valence-electron chi connectivity index (χ1n) is 8.72. The van der Waals surface area contributed by atoms with Gasteiger partial charge >= 0.3 is 0 Å². The molecule has 118 valence electrons. The highest BCUT2D eigenvalue weighted by molar-refractivity contribution is 5.87. The second-order valence-corrected chi connectivity index (χ2v) is 7.29. The van der Waals surface area contributed by atoms with Gasteiger partial charge in [0.15, 0.2) is 0 Å². The van der Waals surface area contributed by atoms with Crippen molar-refractivity contribution in [1.29, 1.82) is 0 Å². The Morgan fingerprint density at radius 2 is 1.83 bits per heavy atom. The maximum Gasteiger partial charge on any atom is 0.0958 e. The Kier molecular flexibility index (Phi) is 3.48. The van der Waals surface area contributed by atoms with Gasteiger partial charge in [0.2, 0.25) is 0 Å². The van der Waals surface area contributed by atoms with E-state index in [2.05, 4.69) is 68.3 Å². The van der Waals surface area contributed by atoms with Crippen molar-refractivity contribution >= 4 is 10.8 Å². The Hall–Kier alpha value is -2.09. The van der Waals surface area contributed by atoms with Gasteiger partial charge in [-0.1, -0.05) is 57.2 Å². The summed E-state index contributed by atoms with van der Waals surface area (Å²) in [6, 6.07) is 15.2. The third-order valence-electron chi connectivity index (χ3n) is 5.44. The van der Waals surface area contributed by atoms with E-state index in [-0.39, 0.29) is 0 Å². The van der Waals surface area contributed by atoms with Gasteiger partial charge in [-0.25, -0.2) is 0 Å². The van der Waals surface area contributed by atoms with Gasteiger partial charge in [0.1, 0.15) is 0 Å². The zero-order valence-corrected chi connectivity index (χ0v) is 14.1. The summed E-state index contributed by atoms with van der Waals surface area (Å²) in [4.78, 5) is 0. The predicted molar refractivity (Wildman–Crippen MR) is 96.8 cm³/mol. The van der Waals surface area contributed by atoms with Crippen LogP contribution in [-0.4, -0.2) is 10.2 Å². The smallest absolute Gasteiger partial charge is 0.0958 e. The number of H-pyrrole nitrogens is 1. The molecule has 1 N–H and O–H groups in total. The summed E-state index contributed by atoms with van der Waals surface area (Å²) in [5, 5.41) is 10.7. The molecule has 0 saturated carbocycles. The van der Waals surface area contributed by atoms with Crippen molar-refractivity contribution in [3.8, 4) is 11.3 Å². The number of aromatic amines is 1. The fourth-order valence-corrected chi connectivity index (χ4v) is 4.09. The van der Waals surface area contributed by atoms with Gasteiger partial charge in [-0.15, -0.1) is 0 Å². The van der Waals surface area contributed by atoms with Crippen molar-refractivity contribution in [3.05, 3.63) is 53.7 Å². The first-order chi connectivity index (χ1) is 11.1. The molecule has 0 spiro atoms. The Labute approximate surface area is 137 Å². The highest BCUT2D eigenvalue weighted by Gasteiger charge is 2.31. The number of rotatable bonds is 2. The molecule has 0 radical (unpaired) electrons. The van der Waals surface area contributed by atoms with E-state index in [4.69, 9.17) is 5.10 Å². The Morgan fingerprint density at radius 1 is 1.04 bits per heavy atom. The molecule has 0 amide bonds. The Morgan fingerprint density at radius 3 is 2.61 bits per heavy atom. The van der Waals surface area contributed by atoms with Crippen molar-refractivity contribution < 1.29 is 0 Å². The van der Waals surface area contributed by atoms with Crippen LogP contribution < -0.4 is 0 Å². The first-order valence-corrected chi connectivity index (χ1v) is 8.72. The van der Waals surface area contributed by atoms with Crippen LogP contribution >= 0.6 is 0 Å². The number of hydrogen-bond donors (Lipinski definition) is 1. The second kappa shape index (κ2) is 5.52. The van der Waals surface area contributed by atoms with E-state index in [1.165, 1.54) is 40.4 Å². The van der Waals surface area contributed by atoms with Crippen LogP contribution in [0.25, 0.3) is 22.0 Å². The van der Waals surface area contributed by atoms with E-state index in [0.29, 0.717) is 17.8 Å². The van der Waals surface area contributed by atoms with Gasteiger partial charge in [0.25, 0.3) is 0 Å². The minimum Gasteiger partial charge on any atom is -0.281 e. The molecule has 2 nitrogen and oxygen atoms in total. The summed E-state index contributed by atoms with van der Waals surface area (Å²) in [6.07, 6.45) is 2.53. The SMILES string of the molecule is CC(C)[C@H]1CC[C@H](C)c2c(-c3ccc4ccccc4c3)n[nH]c21. The van der Waals surface area contributed by atoms with Crippen molar-refractivity contribution in [3.63, 3.8) is 0 Å². The maximum absolute atomic E-state index is 4.73. The molecule has 1 heterocycles. The molecule has 0 unspecified atom stereocenters. The molecular weight excluding hydrogens is 280 g/mol. The van der Waals surface area contributed by atoms with E-state index in [0.717, 1.165) is 5.69 Å². The molecule has 2 heteroatoms. The number of nitrogens with one attached hydrogen (secondary N) is 1. The average Bonchev–Trinajstić information content (AvgIpc) is 3.00. The minimum absolute atomic E-state index is 0.584. The van der Waals surface area contributed by atoms with Crippen LogP contribution in [0.15, 0.2) is 42.5 Å². The molecule has 4 rings (SSSR count). The topological polar surface area (TPSA) is 28.7 Å². The lowest BCUT2D eigenvalue weighted by Crippen LogP contribution is -2.16. The van der Waals surface area contributed by atoms with Gasteiger partial charge in [-0.3, -0.25) is 5.10 Å². The van der Waals surface area contributed by atoms with Crippen LogP contribution in [0.2, 0.25) is 0 Å². The van der Waals surface area contributed by atoms with Crippen molar-refractivity contribution in [2.45, 2.75) is 45.4 Å². The van der Waals surface area contributed by atoms with Gasteiger partial charge in [-0.2, -0.15) is 5.10 Å². The van der Waals surface area contributed by atoms with Crippen LogP contribution in [0, 0.1) is 5.92 Å². The van der Waals surface area contributed by atoms with Crippen LogP contribution in [0.5, 0.6) is 0 Å². The maximum atomic E-state index is 4.73. The fourth-order valence-electron chi connectivity index (χ4n) is 4.09. The largest absolute Gasteiger partial charge is 0.281 e. The van der Waals surface area contributed by atoms with E-state index in [1.54, 1.807) is 0 Å². The number of fused-ring (bicyclic) bond motifs is 2. The van der Waals surface area contributed by atoms with Crippen molar-refractivity contribution in [1.82, 2.24) is 10.2 Å². The fraction of sp³-hybridized carbons (Fsp3) is 0.381. The quantitative estimate of drug-likeness (QED) is 0.630. The van der Waals surface area contributed by atoms with Gasteiger partial charge in [-0.05, 0) is 41.5 Å². The lowest BCUT2D eigenvalue weighted by Gasteiger charge is -2.29. The lowest BCUT2D eigenvalue weighted by molar-refractivity contribution is 0.403. The van der Waals surface area contributed by atoms with Gasteiger partial charge in [0, 0.05) is 22.7 Å². The Balaban J connectivity index is 1.86. The van der Waals surface area contributed by atoms with Crippen LogP contribution in [0.3, 0.4) is 0 Å². The molecular formula is C21H24N2. The highest BCUT2D eigenvalue weighted by atomic mass is 15.1. The molecule has 23 heavy (non-hydrogen) atoms. The van der Waals surface area contributed by atoms with E-state index >= 15 is 0 Å². The number of nitrogens with zero attached hydrogens (tertiary/aromatic N) is 1. The van der Waals surface area contributed by atoms with Crippen molar-refractivity contribution in [2.24, 2.45) is 5.92 Å². The molecule has 2 aromatic carbocycles. The summed E-state index contributed by atoms with van der Waals surface area (Å²) in [5.41, 5.74) is 5.22. The zero-order valence-electron chi connectivity index (χ0n) is 14.1. The molecule has 3 aromatic rings. The molecule has 2 atom stereocenters. The lowest BCUT2D eigenvalue weighted by atomic mass is 9.75. The third-order valence-corrected chi connectivity index (χ3v) is 5.44. The van der Waals surface area contributed by atoms with E-state index in [1.807, 2.05) is 0 Å². The Bertz CT molecular complexity index is 844. The monoisotopic (exact) mass is 304 g/mol. The standard InChI is InChI=1S/C21H24N2/c1-13(2)18-11-8-14(3)19-20(22-23-21(18)19)17-10-9-15-6-4-5-7-16(15)12-17/h4-7,9-10,12-14,18H,8,11H2,1-3H3,(H,22,23)/t14-,18+/m0/s1. The van der Waals surface area contributed by atoms with E-state index < -0.39 is 0 Å². The van der Waals surface area contributed by atoms with Gasteiger partial charge < -0.3 is 0 Å². The first kappa shape index (κ1) is 14.5. The number of benzene rings is 2. The molecule has 0 aliphatic heterocycles. The summed E-state index contributed by atoms with van der Waals surface area (Å²) >= 11 is 0. The summed E-state index contributed by atoms with van der Waals surface area (Å²) in [5.74, 6) is 1.86. The highest BCUT2D eigenvalue weighted by Crippen LogP contribution is 2.45.